The number of hydrogen-bond acceptors (Lipinski definition) is 12. The maximum absolute atomic E-state index is 12.6. The highest BCUT2D eigenvalue weighted by atomic mass is 32.2. The largest absolute Gasteiger partial charge is 0.494 e. The third-order valence-corrected chi connectivity index (χ3v) is 5.97. The Morgan fingerprint density at radius 1 is 1.18 bits per heavy atom. The first-order valence-electron chi connectivity index (χ1n) is 11.6. The summed E-state index contributed by atoms with van der Waals surface area (Å²) in [6.07, 6.45) is 1.89. The van der Waals surface area contributed by atoms with Crippen LogP contribution in [0.4, 0.5) is 17.2 Å². The van der Waals surface area contributed by atoms with Gasteiger partial charge in [-0.1, -0.05) is 18.0 Å². The fourth-order valence-corrected chi connectivity index (χ4v) is 3.89. The molecule has 7 N–H and O–H groups in total. The molecule has 0 bridgehead atoms. The molecule has 3 aromatic rings. The Morgan fingerprint density at radius 3 is 2.66 bits per heavy atom. The number of aromatic nitrogens is 4. The van der Waals surface area contributed by atoms with Gasteiger partial charge in [-0.3, -0.25) is 24.3 Å². The molecule has 0 saturated heterocycles. The molecule has 0 unspecified atom stereocenters. The highest BCUT2D eigenvalue weighted by molar-refractivity contribution is 7.96. The van der Waals surface area contributed by atoms with E-state index in [1.54, 1.807) is 22.1 Å². The number of nitrogens with one attached hydrogen (secondary N) is 4. The van der Waals surface area contributed by atoms with E-state index >= 15 is 0 Å². The molecule has 2 heterocycles. The second-order valence-corrected chi connectivity index (χ2v) is 9.12. The van der Waals surface area contributed by atoms with E-state index < -0.39 is 12.0 Å². The van der Waals surface area contributed by atoms with Crippen molar-refractivity contribution in [3.8, 4) is 17.0 Å². The summed E-state index contributed by atoms with van der Waals surface area (Å²) in [6.45, 7) is 1.40. The van der Waals surface area contributed by atoms with Crippen LogP contribution in [-0.2, 0) is 11.3 Å². The predicted molar refractivity (Wildman–Crippen MR) is 139 cm³/mol. The number of aliphatic hydroxyl groups is 3. The van der Waals surface area contributed by atoms with Crippen molar-refractivity contribution in [1.82, 2.24) is 30.0 Å². The van der Waals surface area contributed by atoms with Gasteiger partial charge in [0.05, 0.1) is 30.7 Å². The van der Waals surface area contributed by atoms with Gasteiger partial charge < -0.3 is 30.7 Å². The van der Waals surface area contributed by atoms with Crippen LogP contribution < -0.4 is 25.4 Å². The molecular formula is C23H28N8O6S. The lowest BCUT2D eigenvalue weighted by atomic mass is 10.1. The molecule has 1 fully saturated rings. The number of carbonyl (C=O) groups is 2. The van der Waals surface area contributed by atoms with Crippen molar-refractivity contribution in [2.75, 3.05) is 30.5 Å². The zero-order chi connectivity index (χ0) is 27.3. The Bertz CT molecular complexity index is 1310. The van der Waals surface area contributed by atoms with E-state index in [1.807, 2.05) is 24.6 Å². The molecule has 0 radical (unpaired) electrons. The van der Waals surface area contributed by atoms with Gasteiger partial charge >= 0.3 is 6.10 Å². The third-order valence-electron chi connectivity index (χ3n) is 5.48. The Morgan fingerprint density at radius 2 is 1.97 bits per heavy atom. The molecule has 15 heteroatoms. The zero-order valence-electron chi connectivity index (χ0n) is 20.6. The van der Waals surface area contributed by atoms with E-state index in [4.69, 9.17) is 4.74 Å². The van der Waals surface area contributed by atoms with E-state index in [-0.39, 0.29) is 29.0 Å². The molecule has 38 heavy (non-hydrogen) atoms. The summed E-state index contributed by atoms with van der Waals surface area (Å²) in [5.74, 6) is -0.960. The van der Waals surface area contributed by atoms with Crippen LogP contribution in [0.25, 0.3) is 11.3 Å². The molecule has 2 aromatic heterocycles. The standard InChI is InChI=1S/C23H28N8O6S/c1-37-20-14(15-8-10-31(30-15)11-9-24-38-2)4-3-5-16(20)25-17-12-18(26-21(32)13-6-7-13)28-29-19(17)22(33)27-23(34,35)36/h3-5,8,10,12-13,24,34-36H,6-7,9,11H2,1-2H3,(H,27,33)(H2,25,26,28,32). The molecule has 1 aliphatic carbocycles. The van der Waals surface area contributed by atoms with Crippen LogP contribution in [0.15, 0.2) is 36.5 Å². The fourth-order valence-electron chi connectivity index (χ4n) is 3.60. The van der Waals surface area contributed by atoms with Crippen molar-refractivity contribution in [3.63, 3.8) is 0 Å². The lowest BCUT2D eigenvalue weighted by molar-refractivity contribution is -0.323. The SMILES string of the molecule is COc1c(Nc2cc(NC(=O)C3CC3)nnc2C(=O)NC(O)(O)O)cccc1-c1ccn(CCNSC)n1. The van der Waals surface area contributed by atoms with Gasteiger partial charge in [0.1, 0.15) is 0 Å². The topological polar surface area (TPSA) is 196 Å². The molecule has 0 spiro atoms. The van der Waals surface area contributed by atoms with E-state index in [2.05, 4.69) is 30.7 Å². The van der Waals surface area contributed by atoms with Crippen LogP contribution in [0.2, 0.25) is 0 Å². The second kappa shape index (κ2) is 11.7. The van der Waals surface area contributed by atoms with Gasteiger partial charge in [0, 0.05) is 30.3 Å². The molecule has 0 atom stereocenters. The van der Waals surface area contributed by atoms with Gasteiger partial charge in [0.2, 0.25) is 5.91 Å². The second-order valence-electron chi connectivity index (χ2n) is 8.42. The summed E-state index contributed by atoms with van der Waals surface area (Å²) in [5, 5.41) is 47.2. The van der Waals surface area contributed by atoms with Crippen LogP contribution in [0, 0.1) is 5.92 Å². The molecule has 1 saturated carbocycles. The number of nitrogens with zero attached hydrogens (tertiary/aromatic N) is 4. The molecular weight excluding hydrogens is 516 g/mol. The first kappa shape index (κ1) is 27.3. The number of carbonyl (C=O) groups excluding carboxylic acids is 2. The number of benzene rings is 1. The zero-order valence-corrected chi connectivity index (χ0v) is 21.4. The van der Waals surface area contributed by atoms with Gasteiger partial charge in [0.15, 0.2) is 17.3 Å². The Hall–Kier alpha value is -3.76. The number of para-hydroxylation sites is 1. The van der Waals surface area contributed by atoms with Gasteiger partial charge in [-0.2, -0.15) is 5.10 Å². The van der Waals surface area contributed by atoms with Crippen molar-refractivity contribution >= 4 is 41.0 Å². The van der Waals surface area contributed by atoms with Crippen molar-refractivity contribution in [2.24, 2.45) is 5.92 Å². The normalized spacial score (nSPS) is 13.2. The lowest BCUT2D eigenvalue weighted by Crippen LogP contribution is -2.48. The Balaban J connectivity index is 1.66. The van der Waals surface area contributed by atoms with Crippen LogP contribution in [0.3, 0.4) is 0 Å². The number of methoxy groups -OCH3 is 1. The first-order chi connectivity index (χ1) is 18.2. The van der Waals surface area contributed by atoms with Gasteiger partial charge in [-0.05, 0) is 37.3 Å². The summed E-state index contributed by atoms with van der Waals surface area (Å²) in [5.41, 5.74) is 1.42. The fraction of sp³-hybridized carbons (Fsp3) is 0.348. The first-order valence-corrected chi connectivity index (χ1v) is 12.8. The van der Waals surface area contributed by atoms with Gasteiger partial charge in [-0.15, -0.1) is 10.2 Å². The molecule has 0 aliphatic heterocycles. The average Bonchev–Trinajstić information content (AvgIpc) is 3.62. The third kappa shape index (κ3) is 6.96. The minimum Gasteiger partial charge on any atom is -0.494 e. The monoisotopic (exact) mass is 544 g/mol. The van der Waals surface area contributed by atoms with Crippen molar-refractivity contribution in [3.05, 3.63) is 42.2 Å². The molecule has 1 aromatic carbocycles. The van der Waals surface area contributed by atoms with E-state index in [1.165, 1.54) is 25.1 Å². The summed E-state index contributed by atoms with van der Waals surface area (Å²) in [6, 6.07) is 8.51. The van der Waals surface area contributed by atoms with E-state index in [0.29, 0.717) is 29.2 Å². The van der Waals surface area contributed by atoms with Gasteiger partial charge in [0.25, 0.3) is 5.91 Å². The molecule has 202 valence electrons. The summed E-state index contributed by atoms with van der Waals surface area (Å²) < 4.78 is 10.6. The van der Waals surface area contributed by atoms with E-state index in [0.717, 1.165) is 19.4 Å². The molecule has 2 amide bonds. The summed E-state index contributed by atoms with van der Waals surface area (Å²) >= 11 is 1.53. The number of hydrogen-bond donors (Lipinski definition) is 7. The smallest absolute Gasteiger partial charge is 0.369 e. The predicted octanol–water partition coefficient (Wildman–Crippen LogP) is 0.626. The minimum absolute atomic E-state index is 0.0527. The van der Waals surface area contributed by atoms with E-state index in [9.17, 15) is 24.9 Å². The number of amides is 2. The Labute approximate surface area is 221 Å². The number of ether oxygens (including phenoxy) is 1. The summed E-state index contributed by atoms with van der Waals surface area (Å²) in [4.78, 5) is 24.8. The van der Waals surface area contributed by atoms with Crippen LogP contribution >= 0.6 is 11.9 Å². The Kier molecular flexibility index (Phi) is 8.43. The average molecular weight is 545 g/mol. The van der Waals surface area contributed by atoms with Crippen LogP contribution in [0.5, 0.6) is 5.75 Å². The maximum atomic E-state index is 12.6. The van der Waals surface area contributed by atoms with Crippen molar-refractivity contribution in [1.29, 1.82) is 0 Å². The van der Waals surface area contributed by atoms with Crippen molar-refractivity contribution < 1.29 is 29.6 Å². The number of anilines is 3. The van der Waals surface area contributed by atoms with Gasteiger partial charge in [-0.25, -0.2) is 0 Å². The highest BCUT2D eigenvalue weighted by Gasteiger charge is 2.31. The highest BCUT2D eigenvalue weighted by Crippen LogP contribution is 2.38. The quantitative estimate of drug-likeness (QED) is 0.0955. The van der Waals surface area contributed by atoms with Crippen molar-refractivity contribution in [2.45, 2.75) is 25.5 Å². The number of rotatable bonds is 12. The minimum atomic E-state index is -3.48. The van der Waals surface area contributed by atoms with Crippen LogP contribution in [-0.4, -0.2) is 73.1 Å². The lowest BCUT2D eigenvalue weighted by Gasteiger charge is -2.18. The molecule has 14 nitrogen and oxygen atoms in total. The molecule has 4 rings (SSSR count). The molecule has 1 aliphatic rings. The maximum Gasteiger partial charge on any atom is 0.369 e. The summed E-state index contributed by atoms with van der Waals surface area (Å²) in [7, 11) is 1.49. The van der Waals surface area contributed by atoms with Crippen LogP contribution in [0.1, 0.15) is 23.3 Å².